The van der Waals surface area contributed by atoms with Crippen LogP contribution in [0.4, 0.5) is 0 Å². The minimum atomic E-state index is -0.00115. The van der Waals surface area contributed by atoms with Gasteiger partial charge in [-0.25, -0.2) is 0 Å². The molecule has 0 atom stereocenters. The highest BCUT2D eigenvalue weighted by molar-refractivity contribution is 9.10. The third-order valence-corrected chi connectivity index (χ3v) is 2.94. The van der Waals surface area contributed by atoms with Crippen molar-refractivity contribution in [1.29, 1.82) is 0 Å². The van der Waals surface area contributed by atoms with Gasteiger partial charge in [-0.2, -0.15) is 0 Å². The van der Waals surface area contributed by atoms with E-state index in [0.29, 0.717) is 13.0 Å². The highest BCUT2D eigenvalue weighted by Gasteiger charge is 2.03. The van der Waals surface area contributed by atoms with Gasteiger partial charge in [0.2, 0.25) is 5.91 Å². The highest BCUT2D eigenvalue weighted by atomic mass is 79.9. The smallest absolute Gasteiger partial charge is 0.224 e. The van der Waals surface area contributed by atoms with Gasteiger partial charge in [0.25, 0.3) is 0 Å². The van der Waals surface area contributed by atoms with Crippen molar-refractivity contribution in [2.24, 2.45) is 0 Å². The Morgan fingerprint density at radius 3 is 2.83 bits per heavy atom. The van der Waals surface area contributed by atoms with Gasteiger partial charge in [0.05, 0.1) is 18.7 Å². The molecule has 0 aliphatic carbocycles. The van der Waals surface area contributed by atoms with Crippen molar-refractivity contribution in [3.05, 3.63) is 64.4 Å². The largest absolute Gasteiger partial charge is 0.350 e. The Bertz CT molecular complexity index is 528. The Labute approximate surface area is 114 Å². The molecular formula is C14H13BrN2O. The molecule has 1 amide bonds. The molecule has 0 unspecified atom stereocenters. The molecule has 2 rings (SSSR count). The number of carbonyl (C=O) groups excluding carboxylic acids is 1. The number of rotatable bonds is 4. The quantitative estimate of drug-likeness (QED) is 0.943. The lowest BCUT2D eigenvalue weighted by Gasteiger charge is -2.05. The van der Waals surface area contributed by atoms with Crippen LogP contribution in [0, 0.1) is 0 Å². The summed E-state index contributed by atoms with van der Waals surface area (Å²) in [7, 11) is 0. The lowest BCUT2D eigenvalue weighted by molar-refractivity contribution is -0.120. The van der Waals surface area contributed by atoms with Crippen LogP contribution in [0.1, 0.15) is 11.3 Å². The van der Waals surface area contributed by atoms with E-state index in [4.69, 9.17) is 0 Å². The molecule has 1 heterocycles. The summed E-state index contributed by atoms with van der Waals surface area (Å²) in [5.74, 6) is -0.00115. The number of benzene rings is 1. The molecule has 4 heteroatoms. The topological polar surface area (TPSA) is 42.0 Å². The number of halogens is 1. The number of aromatic nitrogens is 1. The molecule has 0 fully saturated rings. The second-order valence-electron chi connectivity index (χ2n) is 3.90. The molecular weight excluding hydrogens is 292 g/mol. The van der Waals surface area contributed by atoms with Gasteiger partial charge in [-0.15, -0.1) is 0 Å². The van der Waals surface area contributed by atoms with Gasteiger partial charge in [-0.1, -0.05) is 34.1 Å². The fourth-order valence-electron chi connectivity index (χ4n) is 1.59. The summed E-state index contributed by atoms with van der Waals surface area (Å²) in [6.07, 6.45) is 2.10. The van der Waals surface area contributed by atoms with Crippen LogP contribution in [-0.2, 0) is 17.8 Å². The molecule has 0 bridgehead atoms. The van der Waals surface area contributed by atoms with E-state index in [2.05, 4.69) is 26.2 Å². The number of carbonyl (C=O) groups is 1. The second kappa shape index (κ2) is 6.31. The second-order valence-corrected chi connectivity index (χ2v) is 4.82. The molecule has 0 aliphatic heterocycles. The maximum absolute atomic E-state index is 11.7. The van der Waals surface area contributed by atoms with Crippen molar-refractivity contribution in [3.8, 4) is 0 Å². The van der Waals surface area contributed by atoms with E-state index >= 15 is 0 Å². The molecule has 3 nitrogen and oxygen atoms in total. The van der Waals surface area contributed by atoms with Gasteiger partial charge >= 0.3 is 0 Å². The minimum absolute atomic E-state index is 0.00115. The zero-order valence-electron chi connectivity index (χ0n) is 9.77. The molecule has 0 radical (unpaired) electrons. The van der Waals surface area contributed by atoms with Crippen molar-refractivity contribution >= 4 is 21.8 Å². The molecule has 0 spiro atoms. The van der Waals surface area contributed by atoms with Gasteiger partial charge in [0, 0.05) is 10.7 Å². The van der Waals surface area contributed by atoms with E-state index in [1.54, 1.807) is 6.20 Å². The Morgan fingerprint density at radius 2 is 2.11 bits per heavy atom. The molecule has 2 aromatic rings. The standard InChI is InChI=1S/C14H13BrN2O/c15-12-5-3-4-11(8-12)9-14(18)17-10-13-6-1-2-7-16-13/h1-8H,9-10H2,(H,17,18). The number of amides is 1. The van der Waals surface area contributed by atoms with E-state index in [1.165, 1.54) is 0 Å². The van der Waals surface area contributed by atoms with Crippen molar-refractivity contribution in [3.63, 3.8) is 0 Å². The summed E-state index contributed by atoms with van der Waals surface area (Å²) in [6, 6.07) is 13.4. The number of hydrogen-bond donors (Lipinski definition) is 1. The first-order chi connectivity index (χ1) is 8.74. The monoisotopic (exact) mass is 304 g/mol. The lowest BCUT2D eigenvalue weighted by Crippen LogP contribution is -2.24. The number of nitrogens with zero attached hydrogens (tertiary/aromatic N) is 1. The lowest BCUT2D eigenvalue weighted by atomic mass is 10.1. The van der Waals surface area contributed by atoms with Crippen molar-refractivity contribution in [2.75, 3.05) is 0 Å². The Hall–Kier alpha value is -1.68. The highest BCUT2D eigenvalue weighted by Crippen LogP contribution is 2.11. The van der Waals surface area contributed by atoms with Crippen LogP contribution in [0.25, 0.3) is 0 Å². The minimum Gasteiger partial charge on any atom is -0.350 e. The summed E-state index contributed by atoms with van der Waals surface area (Å²) < 4.78 is 0.984. The van der Waals surface area contributed by atoms with Crippen LogP contribution in [0.3, 0.4) is 0 Å². The average molecular weight is 305 g/mol. The molecule has 18 heavy (non-hydrogen) atoms. The number of hydrogen-bond acceptors (Lipinski definition) is 2. The van der Waals surface area contributed by atoms with E-state index < -0.39 is 0 Å². The fourth-order valence-corrected chi connectivity index (χ4v) is 2.03. The summed E-state index contributed by atoms with van der Waals surface area (Å²) in [4.78, 5) is 15.9. The first-order valence-corrected chi connectivity index (χ1v) is 6.44. The van der Waals surface area contributed by atoms with E-state index in [0.717, 1.165) is 15.7 Å². The van der Waals surface area contributed by atoms with Gasteiger partial charge in [0.1, 0.15) is 0 Å². The third-order valence-electron chi connectivity index (χ3n) is 2.45. The Balaban J connectivity index is 1.86. The van der Waals surface area contributed by atoms with Crippen molar-refractivity contribution < 1.29 is 4.79 Å². The third kappa shape index (κ3) is 3.96. The van der Waals surface area contributed by atoms with Crippen LogP contribution in [0.2, 0.25) is 0 Å². The molecule has 1 aromatic heterocycles. The Kier molecular flexibility index (Phi) is 4.47. The number of pyridine rings is 1. The maximum atomic E-state index is 11.7. The Morgan fingerprint density at radius 1 is 1.22 bits per heavy atom. The SMILES string of the molecule is O=C(Cc1cccc(Br)c1)NCc1ccccn1. The van der Waals surface area contributed by atoms with Crippen LogP contribution in [-0.4, -0.2) is 10.9 Å². The molecule has 1 aromatic carbocycles. The van der Waals surface area contributed by atoms with E-state index in [9.17, 15) is 4.79 Å². The normalized spacial score (nSPS) is 10.1. The average Bonchev–Trinajstić information content (AvgIpc) is 2.38. The van der Waals surface area contributed by atoms with Gasteiger partial charge in [-0.3, -0.25) is 9.78 Å². The van der Waals surface area contributed by atoms with Crippen molar-refractivity contribution in [1.82, 2.24) is 10.3 Å². The first-order valence-electron chi connectivity index (χ1n) is 5.65. The molecule has 0 saturated carbocycles. The summed E-state index contributed by atoms with van der Waals surface area (Å²) in [5.41, 5.74) is 1.85. The summed E-state index contributed by atoms with van der Waals surface area (Å²) in [5, 5.41) is 2.85. The molecule has 0 saturated heterocycles. The summed E-state index contributed by atoms with van der Waals surface area (Å²) >= 11 is 3.39. The summed E-state index contributed by atoms with van der Waals surface area (Å²) in [6.45, 7) is 0.466. The van der Waals surface area contributed by atoms with Crippen LogP contribution >= 0.6 is 15.9 Å². The van der Waals surface area contributed by atoms with E-state index in [1.807, 2.05) is 42.5 Å². The maximum Gasteiger partial charge on any atom is 0.224 e. The predicted molar refractivity (Wildman–Crippen MR) is 73.9 cm³/mol. The molecule has 1 N–H and O–H groups in total. The van der Waals surface area contributed by atoms with Gasteiger partial charge < -0.3 is 5.32 Å². The van der Waals surface area contributed by atoms with Crippen LogP contribution in [0.15, 0.2) is 53.1 Å². The van der Waals surface area contributed by atoms with Gasteiger partial charge in [-0.05, 0) is 29.8 Å². The van der Waals surface area contributed by atoms with Crippen LogP contribution in [0.5, 0.6) is 0 Å². The zero-order valence-corrected chi connectivity index (χ0v) is 11.4. The molecule has 0 aliphatic rings. The van der Waals surface area contributed by atoms with E-state index in [-0.39, 0.29) is 5.91 Å². The number of nitrogens with one attached hydrogen (secondary N) is 1. The van der Waals surface area contributed by atoms with Gasteiger partial charge in [0.15, 0.2) is 0 Å². The van der Waals surface area contributed by atoms with Crippen LogP contribution < -0.4 is 5.32 Å². The molecule has 92 valence electrons. The zero-order chi connectivity index (χ0) is 12.8. The predicted octanol–water partition coefficient (Wildman–Crippen LogP) is 2.70. The first kappa shape index (κ1) is 12.8. The van der Waals surface area contributed by atoms with Crippen molar-refractivity contribution in [2.45, 2.75) is 13.0 Å². The fraction of sp³-hybridized carbons (Fsp3) is 0.143.